The molecule has 0 spiro atoms. The van der Waals surface area contributed by atoms with Gasteiger partial charge in [0.05, 0.1) is 22.8 Å². The van der Waals surface area contributed by atoms with Gasteiger partial charge < -0.3 is 19.6 Å². The molecule has 2 aromatic heterocycles. The number of aromatic nitrogens is 3. The first-order valence-electron chi connectivity index (χ1n) is 9.91. The molecule has 8 heteroatoms. The third kappa shape index (κ3) is 3.72. The van der Waals surface area contributed by atoms with Crippen LogP contribution in [0.2, 0.25) is 5.02 Å². The zero-order valence-corrected chi connectivity index (χ0v) is 17.5. The van der Waals surface area contributed by atoms with E-state index in [1.165, 1.54) is 0 Å². The van der Waals surface area contributed by atoms with Gasteiger partial charge in [0.15, 0.2) is 11.8 Å². The Kier molecular flexibility index (Phi) is 5.13. The lowest BCUT2D eigenvalue weighted by Gasteiger charge is -2.10. The second-order valence-corrected chi connectivity index (χ2v) is 7.82. The van der Waals surface area contributed by atoms with Crippen molar-refractivity contribution in [2.24, 2.45) is 0 Å². The van der Waals surface area contributed by atoms with Crippen molar-refractivity contribution in [2.75, 3.05) is 6.61 Å². The summed E-state index contributed by atoms with van der Waals surface area (Å²) >= 11 is 6.50. The normalized spacial score (nSPS) is 18.2. The molecule has 0 aliphatic carbocycles. The Morgan fingerprint density at radius 2 is 1.78 bits per heavy atom. The number of rotatable bonds is 5. The van der Waals surface area contributed by atoms with Gasteiger partial charge in [0, 0.05) is 11.1 Å². The number of carboxylic acid groups (broad SMARTS) is 1. The molecule has 2 unspecified atom stereocenters. The number of aliphatic carboxylic acids is 1. The van der Waals surface area contributed by atoms with Gasteiger partial charge in [-0.1, -0.05) is 72.8 Å². The number of halogens is 1. The minimum atomic E-state index is -1.10. The summed E-state index contributed by atoms with van der Waals surface area (Å²) in [5.74, 6) is -1.10. The molecule has 0 saturated carbocycles. The Hall–Kier alpha value is -3.68. The first-order valence-corrected chi connectivity index (χ1v) is 10.3. The van der Waals surface area contributed by atoms with Crippen LogP contribution in [0.15, 0.2) is 72.8 Å². The Balaban J connectivity index is 1.40. The van der Waals surface area contributed by atoms with E-state index in [2.05, 4.69) is 33.7 Å². The molecule has 160 valence electrons. The van der Waals surface area contributed by atoms with Gasteiger partial charge in [-0.05, 0) is 17.2 Å². The lowest BCUT2D eigenvalue weighted by Crippen LogP contribution is -2.24. The summed E-state index contributed by atoms with van der Waals surface area (Å²) in [5.41, 5.74) is 5.08. The van der Waals surface area contributed by atoms with Gasteiger partial charge in [0.1, 0.15) is 6.10 Å². The van der Waals surface area contributed by atoms with E-state index in [9.17, 15) is 4.79 Å². The summed E-state index contributed by atoms with van der Waals surface area (Å²) in [6, 6.07) is 20.0. The smallest absolute Gasteiger partial charge is 0.337 e. The molecule has 7 nitrogen and oxygen atoms in total. The van der Waals surface area contributed by atoms with Crippen LogP contribution in [0.25, 0.3) is 33.5 Å². The molecule has 1 aliphatic rings. The maximum absolute atomic E-state index is 11.2. The van der Waals surface area contributed by atoms with Crippen molar-refractivity contribution in [3.05, 3.63) is 77.8 Å². The molecular formula is C24H18ClN3O4. The summed E-state index contributed by atoms with van der Waals surface area (Å²) in [6.45, 7) is 3.86. The zero-order valence-electron chi connectivity index (χ0n) is 16.8. The maximum Gasteiger partial charge on any atom is 0.337 e. The number of hydrogen-bond acceptors (Lipinski definition) is 5. The van der Waals surface area contributed by atoms with Gasteiger partial charge in [-0.15, -0.1) is 0 Å². The van der Waals surface area contributed by atoms with Crippen molar-refractivity contribution in [3.8, 4) is 28.4 Å². The van der Waals surface area contributed by atoms with Crippen molar-refractivity contribution >= 4 is 28.7 Å². The minimum Gasteiger partial charge on any atom is -0.479 e. The highest BCUT2D eigenvalue weighted by atomic mass is 35.5. The SMILES string of the molecule is C=C1C(Oc2nc3nc(-c4ccc(-c5ccccc5)cc4)c(Cl)cc3[nH]2)COC1C(=O)O. The Morgan fingerprint density at radius 3 is 2.47 bits per heavy atom. The van der Waals surface area contributed by atoms with E-state index < -0.39 is 18.2 Å². The Morgan fingerprint density at radius 1 is 1.09 bits per heavy atom. The lowest BCUT2D eigenvalue weighted by atomic mass is 10.0. The highest BCUT2D eigenvalue weighted by molar-refractivity contribution is 6.33. The summed E-state index contributed by atoms with van der Waals surface area (Å²) in [5, 5.41) is 9.62. The number of nitrogens with one attached hydrogen (secondary N) is 1. The van der Waals surface area contributed by atoms with E-state index in [-0.39, 0.29) is 12.6 Å². The van der Waals surface area contributed by atoms with E-state index in [1.807, 2.05) is 42.5 Å². The van der Waals surface area contributed by atoms with Gasteiger partial charge in [0.2, 0.25) is 0 Å². The zero-order chi connectivity index (χ0) is 22.2. The topological polar surface area (TPSA) is 97.3 Å². The Bertz CT molecular complexity index is 1320. The number of fused-ring (bicyclic) bond motifs is 1. The summed E-state index contributed by atoms with van der Waals surface area (Å²) in [4.78, 5) is 23.2. The largest absolute Gasteiger partial charge is 0.479 e. The molecule has 0 amide bonds. The molecule has 0 bridgehead atoms. The highest BCUT2D eigenvalue weighted by Gasteiger charge is 2.36. The lowest BCUT2D eigenvalue weighted by molar-refractivity contribution is -0.145. The van der Waals surface area contributed by atoms with Gasteiger partial charge in [-0.25, -0.2) is 9.78 Å². The van der Waals surface area contributed by atoms with Crippen LogP contribution in [0.5, 0.6) is 6.01 Å². The number of nitrogens with zero attached hydrogens (tertiary/aromatic N) is 2. The number of aromatic amines is 1. The van der Waals surface area contributed by atoms with Crippen molar-refractivity contribution in [1.82, 2.24) is 15.0 Å². The summed E-state index contributed by atoms with van der Waals surface area (Å²) in [7, 11) is 0. The first kappa shape index (κ1) is 20.2. The third-order valence-electron chi connectivity index (χ3n) is 5.31. The fourth-order valence-electron chi connectivity index (χ4n) is 3.65. The Labute approximate surface area is 188 Å². The number of H-pyrrole nitrogens is 1. The van der Waals surface area contributed by atoms with Crippen LogP contribution in [0.1, 0.15) is 0 Å². The predicted molar refractivity (Wildman–Crippen MR) is 121 cm³/mol. The fraction of sp³-hybridized carbons (Fsp3) is 0.125. The van der Waals surface area contributed by atoms with E-state index in [0.717, 1.165) is 16.7 Å². The molecule has 3 heterocycles. The van der Waals surface area contributed by atoms with Gasteiger partial charge >= 0.3 is 5.97 Å². The number of hydrogen-bond donors (Lipinski definition) is 2. The standard InChI is InChI=1S/C24H18ClN3O4/c1-13-19(12-31-21(13)23(29)30)32-24-26-18-11-17(25)20(27-22(18)28-24)16-9-7-15(8-10-16)14-5-3-2-4-6-14/h2-11,19,21H,1,12H2,(H,29,30)(H,26,27,28). The van der Waals surface area contributed by atoms with Crippen LogP contribution in [-0.4, -0.2) is 44.8 Å². The van der Waals surface area contributed by atoms with E-state index in [0.29, 0.717) is 27.5 Å². The average Bonchev–Trinajstić information content (AvgIpc) is 3.36. The van der Waals surface area contributed by atoms with Crippen LogP contribution in [0, 0.1) is 0 Å². The number of benzene rings is 2. The van der Waals surface area contributed by atoms with Crippen molar-refractivity contribution in [3.63, 3.8) is 0 Å². The van der Waals surface area contributed by atoms with Crippen LogP contribution in [-0.2, 0) is 9.53 Å². The van der Waals surface area contributed by atoms with Crippen molar-refractivity contribution < 1.29 is 19.4 Å². The van der Waals surface area contributed by atoms with Crippen molar-refractivity contribution in [1.29, 1.82) is 0 Å². The highest BCUT2D eigenvalue weighted by Crippen LogP contribution is 2.32. The first-order chi connectivity index (χ1) is 15.5. The molecule has 1 fully saturated rings. The molecule has 2 aromatic carbocycles. The third-order valence-corrected chi connectivity index (χ3v) is 5.60. The second-order valence-electron chi connectivity index (χ2n) is 7.41. The van der Waals surface area contributed by atoms with Crippen LogP contribution < -0.4 is 4.74 Å². The molecule has 2 atom stereocenters. The summed E-state index contributed by atoms with van der Waals surface area (Å²) in [6.07, 6.45) is -1.69. The monoisotopic (exact) mass is 447 g/mol. The molecule has 0 radical (unpaired) electrons. The minimum absolute atomic E-state index is 0.0834. The number of ether oxygens (including phenoxy) is 2. The van der Waals surface area contributed by atoms with Crippen molar-refractivity contribution in [2.45, 2.75) is 12.2 Å². The molecule has 4 aromatic rings. The second kappa shape index (κ2) is 8.11. The van der Waals surface area contributed by atoms with Gasteiger partial charge in [-0.2, -0.15) is 4.98 Å². The number of pyridine rings is 1. The molecule has 1 saturated heterocycles. The number of imidazole rings is 1. The van der Waals surface area contributed by atoms with Crippen LogP contribution >= 0.6 is 11.6 Å². The number of carbonyl (C=O) groups is 1. The summed E-state index contributed by atoms with van der Waals surface area (Å²) < 4.78 is 11.0. The van der Waals surface area contributed by atoms with Gasteiger partial charge in [0.25, 0.3) is 6.01 Å². The van der Waals surface area contributed by atoms with Crippen LogP contribution in [0.3, 0.4) is 0 Å². The molecule has 32 heavy (non-hydrogen) atoms. The van der Waals surface area contributed by atoms with E-state index in [1.54, 1.807) is 6.07 Å². The van der Waals surface area contributed by atoms with E-state index in [4.69, 9.17) is 26.2 Å². The van der Waals surface area contributed by atoms with E-state index >= 15 is 0 Å². The fourth-order valence-corrected chi connectivity index (χ4v) is 3.91. The van der Waals surface area contributed by atoms with Crippen LogP contribution in [0.4, 0.5) is 0 Å². The molecule has 2 N–H and O–H groups in total. The average molecular weight is 448 g/mol. The quantitative estimate of drug-likeness (QED) is 0.429. The molecular weight excluding hydrogens is 430 g/mol. The predicted octanol–water partition coefficient (Wildman–Crippen LogP) is 4.73. The molecule has 1 aliphatic heterocycles. The maximum atomic E-state index is 11.2. The number of carboxylic acids is 1. The van der Waals surface area contributed by atoms with Gasteiger partial charge in [-0.3, -0.25) is 0 Å². The molecule has 5 rings (SSSR count).